The minimum absolute atomic E-state index is 0.431. The molecule has 0 atom stereocenters. The van der Waals surface area contributed by atoms with E-state index in [9.17, 15) is 0 Å². The van der Waals surface area contributed by atoms with Crippen LogP contribution in [0.4, 0.5) is 0 Å². The molecule has 90 valence electrons. The second kappa shape index (κ2) is 5.40. The van der Waals surface area contributed by atoms with Gasteiger partial charge in [0.25, 0.3) is 0 Å². The van der Waals surface area contributed by atoms with E-state index in [1.807, 2.05) is 18.2 Å². The van der Waals surface area contributed by atoms with E-state index in [0.29, 0.717) is 6.04 Å². The van der Waals surface area contributed by atoms with Crippen molar-refractivity contribution in [2.45, 2.75) is 32.7 Å². The zero-order valence-electron chi connectivity index (χ0n) is 9.97. The Bertz CT molecular complexity index is 491. The maximum absolute atomic E-state index is 4.42. The lowest BCUT2D eigenvalue weighted by Gasteiger charge is -2.15. The molecule has 0 spiro atoms. The van der Waals surface area contributed by atoms with Crippen LogP contribution in [0.15, 0.2) is 29.1 Å². The molecule has 0 radical (unpaired) electrons. The molecular formula is C12H15BrN4. The highest BCUT2D eigenvalue weighted by Crippen LogP contribution is 2.23. The monoisotopic (exact) mass is 294 g/mol. The zero-order chi connectivity index (χ0) is 12.3. The summed E-state index contributed by atoms with van der Waals surface area (Å²) in [5.41, 5.74) is 0.851. The van der Waals surface area contributed by atoms with Crippen LogP contribution in [-0.4, -0.2) is 19.7 Å². The fourth-order valence-corrected chi connectivity index (χ4v) is 2.25. The van der Waals surface area contributed by atoms with Crippen LogP contribution in [0.3, 0.4) is 0 Å². The Kier molecular flexibility index (Phi) is 3.89. The Morgan fingerprint density at radius 2 is 2.06 bits per heavy atom. The van der Waals surface area contributed by atoms with Gasteiger partial charge in [0.1, 0.15) is 16.6 Å². The molecule has 0 aliphatic heterocycles. The summed E-state index contributed by atoms with van der Waals surface area (Å²) in [4.78, 5) is 4.42. The Morgan fingerprint density at radius 3 is 2.71 bits per heavy atom. The minimum Gasteiger partial charge on any atom is -0.309 e. The van der Waals surface area contributed by atoms with E-state index in [1.54, 1.807) is 6.33 Å². The first-order chi connectivity index (χ1) is 8.26. The Hall–Kier alpha value is -1.23. The highest BCUT2D eigenvalue weighted by molar-refractivity contribution is 9.10. The van der Waals surface area contributed by atoms with Gasteiger partial charge < -0.3 is 4.57 Å². The molecule has 5 heteroatoms. The number of pyridine rings is 1. The topological polar surface area (TPSA) is 43.6 Å². The van der Waals surface area contributed by atoms with E-state index in [0.717, 1.165) is 29.0 Å². The molecule has 0 amide bonds. The molecule has 2 heterocycles. The predicted molar refractivity (Wildman–Crippen MR) is 70.6 cm³/mol. The number of aromatic nitrogens is 4. The van der Waals surface area contributed by atoms with E-state index < -0.39 is 0 Å². The van der Waals surface area contributed by atoms with E-state index in [-0.39, 0.29) is 0 Å². The zero-order valence-corrected chi connectivity index (χ0v) is 11.6. The van der Waals surface area contributed by atoms with Crippen molar-refractivity contribution >= 4 is 15.9 Å². The Morgan fingerprint density at radius 1 is 1.29 bits per heavy atom. The van der Waals surface area contributed by atoms with E-state index in [4.69, 9.17) is 0 Å². The first-order valence-electron chi connectivity index (χ1n) is 5.78. The smallest absolute Gasteiger partial charge is 0.182 e. The molecule has 0 aromatic carbocycles. The van der Waals surface area contributed by atoms with E-state index in [1.165, 1.54) is 0 Å². The quantitative estimate of drug-likeness (QED) is 0.811. The Balaban J connectivity index is 2.43. The van der Waals surface area contributed by atoms with Gasteiger partial charge in [-0.3, -0.25) is 0 Å². The van der Waals surface area contributed by atoms with Gasteiger partial charge in [-0.2, -0.15) is 0 Å². The molecule has 0 unspecified atom stereocenters. The van der Waals surface area contributed by atoms with Crippen LogP contribution in [0.2, 0.25) is 0 Å². The molecule has 17 heavy (non-hydrogen) atoms. The first-order valence-corrected chi connectivity index (χ1v) is 6.58. The van der Waals surface area contributed by atoms with Crippen molar-refractivity contribution in [2.24, 2.45) is 0 Å². The SMILES string of the molecule is CCC(CC)n1cnnc1-c1cccc(Br)n1. The van der Waals surface area contributed by atoms with Gasteiger partial charge >= 0.3 is 0 Å². The van der Waals surface area contributed by atoms with Crippen molar-refractivity contribution in [1.29, 1.82) is 0 Å². The van der Waals surface area contributed by atoms with E-state index >= 15 is 0 Å². The van der Waals surface area contributed by atoms with Gasteiger partial charge in [-0.1, -0.05) is 19.9 Å². The summed E-state index contributed by atoms with van der Waals surface area (Å²) >= 11 is 3.37. The van der Waals surface area contributed by atoms with Crippen LogP contribution < -0.4 is 0 Å². The van der Waals surface area contributed by atoms with Crippen LogP contribution >= 0.6 is 15.9 Å². The molecule has 0 N–H and O–H groups in total. The summed E-state index contributed by atoms with van der Waals surface area (Å²) in [7, 11) is 0. The van der Waals surface area contributed by atoms with Gasteiger partial charge in [0.05, 0.1) is 0 Å². The van der Waals surface area contributed by atoms with Crippen molar-refractivity contribution in [2.75, 3.05) is 0 Å². The van der Waals surface area contributed by atoms with Crippen molar-refractivity contribution in [3.05, 3.63) is 29.1 Å². The van der Waals surface area contributed by atoms with E-state index in [2.05, 4.69) is 49.5 Å². The molecule has 4 nitrogen and oxygen atoms in total. The van der Waals surface area contributed by atoms with Crippen LogP contribution in [-0.2, 0) is 0 Å². The second-order valence-corrected chi connectivity index (χ2v) is 4.69. The van der Waals surface area contributed by atoms with Crippen molar-refractivity contribution < 1.29 is 0 Å². The summed E-state index contributed by atoms with van der Waals surface area (Å²) in [6.07, 6.45) is 3.92. The molecule has 2 aromatic rings. The summed E-state index contributed by atoms with van der Waals surface area (Å²) in [5, 5.41) is 8.18. The average Bonchev–Trinajstić information content (AvgIpc) is 2.80. The van der Waals surface area contributed by atoms with Crippen LogP contribution in [0, 0.1) is 0 Å². The largest absolute Gasteiger partial charge is 0.309 e. The lowest BCUT2D eigenvalue weighted by Crippen LogP contribution is -2.08. The molecular weight excluding hydrogens is 280 g/mol. The van der Waals surface area contributed by atoms with Crippen LogP contribution in [0.1, 0.15) is 32.7 Å². The Labute approximate surface area is 109 Å². The van der Waals surface area contributed by atoms with Crippen LogP contribution in [0.25, 0.3) is 11.5 Å². The standard InChI is InChI=1S/C12H15BrN4/c1-3-9(4-2)17-8-14-16-12(17)10-6-5-7-11(13)15-10/h5-9H,3-4H2,1-2H3. The molecule has 0 saturated heterocycles. The lowest BCUT2D eigenvalue weighted by atomic mass is 10.1. The highest BCUT2D eigenvalue weighted by Gasteiger charge is 2.14. The van der Waals surface area contributed by atoms with Crippen LogP contribution in [0.5, 0.6) is 0 Å². The third-order valence-electron chi connectivity index (χ3n) is 2.85. The first kappa shape index (κ1) is 12.2. The number of hydrogen-bond acceptors (Lipinski definition) is 3. The molecule has 2 aromatic heterocycles. The van der Waals surface area contributed by atoms with Gasteiger partial charge in [0, 0.05) is 6.04 Å². The van der Waals surface area contributed by atoms with Crippen molar-refractivity contribution in [3.63, 3.8) is 0 Å². The maximum atomic E-state index is 4.42. The van der Waals surface area contributed by atoms with Gasteiger partial charge in [0.15, 0.2) is 5.82 Å². The molecule has 0 aliphatic rings. The normalized spacial score (nSPS) is 11.1. The number of halogens is 1. The predicted octanol–water partition coefficient (Wildman–Crippen LogP) is 3.46. The molecule has 0 aliphatic carbocycles. The number of rotatable bonds is 4. The fraction of sp³-hybridized carbons (Fsp3) is 0.417. The summed E-state index contributed by atoms with van der Waals surface area (Å²) in [5.74, 6) is 0.833. The van der Waals surface area contributed by atoms with Crippen molar-refractivity contribution in [1.82, 2.24) is 19.7 Å². The molecule has 2 rings (SSSR count). The van der Waals surface area contributed by atoms with Gasteiger partial charge in [-0.25, -0.2) is 4.98 Å². The van der Waals surface area contributed by atoms with Gasteiger partial charge in [0.2, 0.25) is 0 Å². The summed E-state index contributed by atoms with van der Waals surface area (Å²) in [6.45, 7) is 4.35. The third-order valence-corrected chi connectivity index (χ3v) is 3.29. The molecule has 0 saturated carbocycles. The van der Waals surface area contributed by atoms with Crippen molar-refractivity contribution in [3.8, 4) is 11.5 Å². The maximum Gasteiger partial charge on any atom is 0.182 e. The number of hydrogen-bond donors (Lipinski definition) is 0. The van der Waals surface area contributed by atoms with Gasteiger partial charge in [-0.15, -0.1) is 10.2 Å². The molecule has 0 bridgehead atoms. The second-order valence-electron chi connectivity index (χ2n) is 3.88. The number of nitrogens with zero attached hydrogens (tertiary/aromatic N) is 4. The minimum atomic E-state index is 0.431. The third kappa shape index (κ3) is 2.54. The highest BCUT2D eigenvalue weighted by atomic mass is 79.9. The summed E-state index contributed by atoms with van der Waals surface area (Å²) < 4.78 is 2.92. The lowest BCUT2D eigenvalue weighted by molar-refractivity contribution is 0.474. The molecule has 0 fully saturated rings. The summed E-state index contributed by atoms with van der Waals surface area (Å²) in [6, 6.07) is 6.24. The fourth-order valence-electron chi connectivity index (χ4n) is 1.91. The average molecular weight is 295 g/mol. The van der Waals surface area contributed by atoms with Gasteiger partial charge in [-0.05, 0) is 40.9 Å².